The molecule has 208 valence electrons. The number of hydrogen-bond donors (Lipinski definition) is 1. The van der Waals surface area contributed by atoms with Gasteiger partial charge < -0.3 is 10.2 Å². The molecule has 3 aromatic carbocycles. The van der Waals surface area contributed by atoms with Crippen molar-refractivity contribution in [1.29, 1.82) is 0 Å². The van der Waals surface area contributed by atoms with Gasteiger partial charge in [0.05, 0.1) is 11.1 Å². The van der Waals surface area contributed by atoms with E-state index in [4.69, 9.17) is 0 Å². The summed E-state index contributed by atoms with van der Waals surface area (Å²) >= 11 is 0. The third-order valence-electron chi connectivity index (χ3n) is 7.35. The highest BCUT2D eigenvalue weighted by Gasteiger charge is 2.35. The standard InChI is InChI=1S/C33H37N3O4/c1-3-4-20-34-31(38)29(22-25-14-6-5-7-15-25)36(23-26-16-9-8-13-24(26)2)30(37)19-12-21-35-32(39)27-17-10-11-18-28(27)33(35)40/h5-11,13-18,29H,3-4,12,19-23H2,1-2H3,(H,34,38). The van der Waals surface area contributed by atoms with Gasteiger partial charge in [-0.05, 0) is 48.6 Å². The zero-order valence-corrected chi connectivity index (χ0v) is 23.3. The second-order valence-corrected chi connectivity index (χ2v) is 10.2. The predicted molar refractivity (Wildman–Crippen MR) is 155 cm³/mol. The van der Waals surface area contributed by atoms with Gasteiger partial charge in [0.15, 0.2) is 0 Å². The zero-order valence-electron chi connectivity index (χ0n) is 23.3. The Morgan fingerprint density at radius 3 is 2.12 bits per heavy atom. The number of carbonyl (C=O) groups is 4. The molecule has 1 aliphatic rings. The fourth-order valence-electron chi connectivity index (χ4n) is 5.01. The number of fused-ring (bicyclic) bond motifs is 1. The van der Waals surface area contributed by atoms with Crippen LogP contribution >= 0.6 is 0 Å². The molecule has 4 amide bonds. The molecule has 1 heterocycles. The summed E-state index contributed by atoms with van der Waals surface area (Å²) in [5, 5.41) is 3.03. The largest absolute Gasteiger partial charge is 0.354 e. The minimum atomic E-state index is -0.703. The lowest BCUT2D eigenvalue weighted by atomic mass is 10.0. The van der Waals surface area contributed by atoms with Crippen LogP contribution in [0.25, 0.3) is 0 Å². The first-order valence-corrected chi connectivity index (χ1v) is 14.0. The maximum absolute atomic E-state index is 13.8. The van der Waals surface area contributed by atoms with E-state index in [0.29, 0.717) is 30.5 Å². The zero-order chi connectivity index (χ0) is 28.5. The van der Waals surface area contributed by atoms with E-state index >= 15 is 0 Å². The van der Waals surface area contributed by atoms with Crippen molar-refractivity contribution in [3.8, 4) is 0 Å². The number of rotatable bonds is 13. The Morgan fingerprint density at radius 1 is 0.850 bits per heavy atom. The molecule has 1 unspecified atom stereocenters. The van der Waals surface area contributed by atoms with Crippen molar-refractivity contribution < 1.29 is 19.2 Å². The van der Waals surface area contributed by atoms with E-state index in [2.05, 4.69) is 12.2 Å². The average molecular weight is 540 g/mol. The van der Waals surface area contributed by atoms with E-state index < -0.39 is 6.04 Å². The molecule has 0 fully saturated rings. The van der Waals surface area contributed by atoms with Crippen LogP contribution in [0.5, 0.6) is 0 Å². The van der Waals surface area contributed by atoms with Gasteiger partial charge in [0.2, 0.25) is 11.8 Å². The summed E-state index contributed by atoms with van der Waals surface area (Å²) in [6.07, 6.45) is 2.61. The van der Waals surface area contributed by atoms with Crippen molar-refractivity contribution in [2.24, 2.45) is 0 Å². The molecule has 40 heavy (non-hydrogen) atoms. The lowest BCUT2D eigenvalue weighted by Crippen LogP contribution is -2.50. The number of imide groups is 1. The van der Waals surface area contributed by atoms with E-state index in [1.807, 2.05) is 61.5 Å². The summed E-state index contributed by atoms with van der Waals surface area (Å²) in [7, 11) is 0. The highest BCUT2D eigenvalue weighted by atomic mass is 16.2. The molecule has 0 aromatic heterocycles. The first-order chi connectivity index (χ1) is 19.4. The summed E-state index contributed by atoms with van der Waals surface area (Å²) < 4.78 is 0. The third kappa shape index (κ3) is 6.84. The van der Waals surface area contributed by atoms with E-state index in [-0.39, 0.29) is 43.1 Å². The van der Waals surface area contributed by atoms with Crippen molar-refractivity contribution in [3.63, 3.8) is 0 Å². The van der Waals surface area contributed by atoms with Crippen LogP contribution < -0.4 is 5.32 Å². The second-order valence-electron chi connectivity index (χ2n) is 10.2. The Kier molecular flexibility index (Phi) is 9.84. The molecule has 3 aromatic rings. The lowest BCUT2D eigenvalue weighted by molar-refractivity contribution is -0.141. The molecule has 0 spiro atoms. The van der Waals surface area contributed by atoms with Crippen LogP contribution in [0, 0.1) is 6.92 Å². The molecule has 0 saturated heterocycles. The number of carbonyl (C=O) groups excluding carboxylic acids is 4. The number of nitrogens with one attached hydrogen (secondary N) is 1. The van der Waals surface area contributed by atoms with Crippen molar-refractivity contribution >= 4 is 23.6 Å². The average Bonchev–Trinajstić information content (AvgIpc) is 3.21. The Hall–Kier alpha value is -4.26. The van der Waals surface area contributed by atoms with E-state index in [1.165, 1.54) is 4.90 Å². The smallest absolute Gasteiger partial charge is 0.261 e. The maximum atomic E-state index is 13.8. The lowest BCUT2D eigenvalue weighted by Gasteiger charge is -2.32. The number of unbranched alkanes of at least 4 members (excludes halogenated alkanes) is 1. The van der Waals surface area contributed by atoms with Crippen LogP contribution in [0.1, 0.15) is 70.0 Å². The van der Waals surface area contributed by atoms with Crippen LogP contribution in [0.3, 0.4) is 0 Å². The topological polar surface area (TPSA) is 86.8 Å². The molecule has 0 bridgehead atoms. The molecule has 1 atom stereocenters. The molecule has 0 radical (unpaired) electrons. The molecular formula is C33H37N3O4. The number of nitrogens with zero attached hydrogens (tertiary/aromatic N) is 2. The Bertz CT molecular complexity index is 1320. The number of aryl methyl sites for hydroxylation is 1. The van der Waals surface area contributed by atoms with Gasteiger partial charge >= 0.3 is 0 Å². The molecule has 1 N–H and O–H groups in total. The molecule has 0 saturated carbocycles. The summed E-state index contributed by atoms with van der Waals surface area (Å²) in [5.74, 6) is -1.03. The minimum absolute atomic E-state index is 0.104. The highest BCUT2D eigenvalue weighted by Crippen LogP contribution is 2.23. The van der Waals surface area contributed by atoms with Crippen LogP contribution in [0.2, 0.25) is 0 Å². The quantitative estimate of drug-likeness (QED) is 0.247. The Balaban J connectivity index is 1.54. The van der Waals surface area contributed by atoms with E-state index in [1.54, 1.807) is 29.2 Å². The molecule has 7 heteroatoms. The maximum Gasteiger partial charge on any atom is 0.261 e. The number of benzene rings is 3. The molecule has 1 aliphatic heterocycles. The fourth-order valence-corrected chi connectivity index (χ4v) is 5.01. The highest BCUT2D eigenvalue weighted by molar-refractivity contribution is 6.21. The van der Waals surface area contributed by atoms with Gasteiger partial charge in [-0.1, -0.05) is 80.1 Å². The van der Waals surface area contributed by atoms with Gasteiger partial charge in [-0.2, -0.15) is 0 Å². The Labute approximate surface area is 236 Å². The van der Waals surface area contributed by atoms with Crippen LogP contribution in [0.4, 0.5) is 0 Å². The van der Waals surface area contributed by atoms with Gasteiger partial charge in [-0.25, -0.2) is 0 Å². The first-order valence-electron chi connectivity index (χ1n) is 14.0. The third-order valence-corrected chi connectivity index (χ3v) is 7.35. The fraction of sp³-hybridized carbons (Fsp3) is 0.333. The van der Waals surface area contributed by atoms with Crippen molar-refractivity contribution in [2.75, 3.05) is 13.1 Å². The number of amides is 4. The summed E-state index contributed by atoms with van der Waals surface area (Å²) in [6, 6.07) is 23.6. The molecular weight excluding hydrogens is 502 g/mol. The summed E-state index contributed by atoms with van der Waals surface area (Å²) in [6.45, 7) is 5.04. The van der Waals surface area contributed by atoms with Gasteiger partial charge in [-0.3, -0.25) is 24.1 Å². The van der Waals surface area contributed by atoms with Gasteiger partial charge in [-0.15, -0.1) is 0 Å². The predicted octanol–water partition coefficient (Wildman–Crippen LogP) is 4.93. The monoisotopic (exact) mass is 539 g/mol. The number of hydrogen-bond acceptors (Lipinski definition) is 4. The first kappa shape index (κ1) is 28.7. The normalized spacial score (nSPS) is 13.2. The Morgan fingerprint density at radius 2 is 1.48 bits per heavy atom. The minimum Gasteiger partial charge on any atom is -0.354 e. The van der Waals surface area contributed by atoms with Gasteiger partial charge in [0, 0.05) is 32.5 Å². The van der Waals surface area contributed by atoms with E-state index in [9.17, 15) is 19.2 Å². The molecule has 0 aliphatic carbocycles. The van der Waals surface area contributed by atoms with Crippen LogP contribution in [0.15, 0.2) is 78.9 Å². The SMILES string of the molecule is CCCCNC(=O)C(Cc1ccccc1)N(Cc1ccccc1C)C(=O)CCCN1C(=O)c2ccccc2C1=O. The summed E-state index contributed by atoms with van der Waals surface area (Å²) in [4.78, 5) is 55.8. The van der Waals surface area contributed by atoms with Crippen molar-refractivity contribution in [1.82, 2.24) is 15.1 Å². The van der Waals surface area contributed by atoms with Gasteiger partial charge in [0.1, 0.15) is 6.04 Å². The summed E-state index contributed by atoms with van der Waals surface area (Å²) in [5.41, 5.74) is 3.76. The van der Waals surface area contributed by atoms with Crippen LogP contribution in [-0.4, -0.2) is 52.6 Å². The molecule has 4 rings (SSSR count). The van der Waals surface area contributed by atoms with Crippen LogP contribution in [-0.2, 0) is 22.6 Å². The van der Waals surface area contributed by atoms with Gasteiger partial charge in [0.25, 0.3) is 11.8 Å². The second kappa shape index (κ2) is 13.7. The van der Waals surface area contributed by atoms with Crippen molar-refractivity contribution in [3.05, 3.63) is 107 Å². The van der Waals surface area contributed by atoms with Crippen molar-refractivity contribution in [2.45, 2.75) is 58.5 Å². The molecule has 7 nitrogen and oxygen atoms in total. The van der Waals surface area contributed by atoms with E-state index in [0.717, 1.165) is 29.5 Å².